The monoisotopic (exact) mass is 292 g/mol. The van der Waals surface area contributed by atoms with Crippen molar-refractivity contribution >= 4 is 22.2 Å². The third-order valence-corrected chi connectivity index (χ3v) is 4.33. The topological polar surface area (TPSA) is 68.2 Å². The third-order valence-electron chi connectivity index (χ3n) is 3.50. The van der Waals surface area contributed by atoms with E-state index in [0.717, 1.165) is 26.1 Å². The largest absolute Gasteiger partial charge is 0.319 e. The molecule has 1 atom stereocenters. The first-order valence-electron chi connectivity index (χ1n) is 6.87. The van der Waals surface area contributed by atoms with Gasteiger partial charge in [-0.1, -0.05) is 0 Å². The molecule has 0 saturated carbocycles. The number of piperidine rings is 1. The van der Waals surface area contributed by atoms with Crippen molar-refractivity contribution in [3.63, 3.8) is 0 Å². The predicted octanol–water partition coefficient (Wildman–Crippen LogP) is 1.49. The maximum absolute atomic E-state index is 12.0. The van der Waals surface area contributed by atoms with Gasteiger partial charge < -0.3 is 10.6 Å². The summed E-state index contributed by atoms with van der Waals surface area (Å²) in [6.07, 6.45) is 2.37. The molecular formula is C14H20N4OS. The van der Waals surface area contributed by atoms with Crippen LogP contribution in [0, 0.1) is 17.2 Å². The minimum atomic E-state index is -0.0333. The van der Waals surface area contributed by atoms with Crippen molar-refractivity contribution in [3.05, 3.63) is 17.0 Å². The zero-order chi connectivity index (χ0) is 14.4. The van der Waals surface area contributed by atoms with E-state index < -0.39 is 0 Å². The van der Waals surface area contributed by atoms with Gasteiger partial charge in [0.25, 0.3) is 0 Å². The molecule has 1 aliphatic heterocycles. The Balaban J connectivity index is 1.84. The average Bonchev–Trinajstić information content (AvgIpc) is 2.86. The van der Waals surface area contributed by atoms with E-state index in [1.807, 2.05) is 12.4 Å². The molecule has 20 heavy (non-hydrogen) atoms. The van der Waals surface area contributed by atoms with E-state index in [2.05, 4.69) is 21.6 Å². The molecule has 2 N–H and O–H groups in total. The number of nitriles is 1. The highest BCUT2D eigenvalue weighted by atomic mass is 32.1. The molecule has 2 rings (SSSR count). The molecule has 0 spiro atoms. The lowest BCUT2D eigenvalue weighted by atomic mass is 9.98. The number of amides is 1. The molecule has 5 nitrogen and oxygen atoms in total. The molecule has 1 aromatic heterocycles. The van der Waals surface area contributed by atoms with Gasteiger partial charge in [0.05, 0.1) is 12.1 Å². The van der Waals surface area contributed by atoms with Crippen LogP contribution in [0.25, 0.3) is 0 Å². The van der Waals surface area contributed by atoms with Crippen LogP contribution in [-0.4, -0.2) is 44.0 Å². The van der Waals surface area contributed by atoms with Crippen LogP contribution in [0.3, 0.4) is 0 Å². The molecule has 2 heterocycles. The summed E-state index contributed by atoms with van der Waals surface area (Å²) in [6.45, 7) is 3.34. The highest BCUT2D eigenvalue weighted by Gasteiger charge is 2.21. The van der Waals surface area contributed by atoms with Gasteiger partial charge in [0.2, 0.25) is 5.91 Å². The quantitative estimate of drug-likeness (QED) is 0.863. The lowest BCUT2D eigenvalue weighted by Crippen LogP contribution is -2.42. The second-order valence-corrected chi connectivity index (χ2v) is 6.04. The van der Waals surface area contributed by atoms with Gasteiger partial charge in [-0.05, 0) is 50.3 Å². The smallest absolute Gasteiger partial charge is 0.239 e. The molecule has 6 heteroatoms. The molecule has 1 amide bonds. The van der Waals surface area contributed by atoms with Crippen molar-refractivity contribution in [2.24, 2.45) is 5.92 Å². The lowest BCUT2D eigenvalue weighted by molar-refractivity contribution is -0.117. The predicted molar refractivity (Wildman–Crippen MR) is 80.8 cm³/mol. The van der Waals surface area contributed by atoms with Crippen LogP contribution < -0.4 is 10.6 Å². The second kappa shape index (κ2) is 7.39. The van der Waals surface area contributed by atoms with E-state index in [1.165, 1.54) is 17.8 Å². The van der Waals surface area contributed by atoms with Crippen LogP contribution in [0.4, 0.5) is 5.00 Å². The van der Waals surface area contributed by atoms with Crippen LogP contribution in [0.5, 0.6) is 0 Å². The van der Waals surface area contributed by atoms with Crippen molar-refractivity contribution in [1.82, 2.24) is 10.2 Å². The molecule has 1 unspecified atom stereocenters. The Hall–Kier alpha value is -1.42. The molecule has 0 aromatic carbocycles. The summed E-state index contributed by atoms with van der Waals surface area (Å²) < 4.78 is 0. The van der Waals surface area contributed by atoms with E-state index >= 15 is 0 Å². The molecule has 1 fully saturated rings. The number of anilines is 1. The number of carbonyl (C=O) groups is 1. The Kier molecular flexibility index (Phi) is 5.53. The second-order valence-electron chi connectivity index (χ2n) is 5.12. The molecular weight excluding hydrogens is 272 g/mol. The maximum Gasteiger partial charge on any atom is 0.239 e. The summed E-state index contributed by atoms with van der Waals surface area (Å²) in [5.41, 5.74) is 0.537. The molecule has 0 radical (unpaired) electrons. The van der Waals surface area contributed by atoms with Gasteiger partial charge in [-0.15, -0.1) is 11.3 Å². The number of hydrogen-bond donors (Lipinski definition) is 2. The Morgan fingerprint density at radius 2 is 2.50 bits per heavy atom. The molecule has 1 saturated heterocycles. The summed E-state index contributed by atoms with van der Waals surface area (Å²) in [5, 5.41) is 17.4. The van der Waals surface area contributed by atoms with Gasteiger partial charge in [-0.2, -0.15) is 5.26 Å². The molecule has 0 bridgehead atoms. The highest BCUT2D eigenvalue weighted by Crippen LogP contribution is 2.22. The Bertz CT molecular complexity index is 492. The van der Waals surface area contributed by atoms with Gasteiger partial charge in [-0.25, -0.2) is 0 Å². The van der Waals surface area contributed by atoms with Crippen molar-refractivity contribution in [2.75, 3.05) is 38.5 Å². The Labute approximate surface area is 123 Å². The first kappa shape index (κ1) is 15.0. The summed E-state index contributed by atoms with van der Waals surface area (Å²) in [7, 11) is 1.96. The summed E-state index contributed by atoms with van der Waals surface area (Å²) in [5.74, 6) is 0.590. The van der Waals surface area contributed by atoms with E-state index in [0.29, 0.717) is 23.0 Å². The number of nitrogens with zero attached hydrogens (tertiary/aromatic N) is 2. The number of thiophene rings is 1. The SMILES string of the molecule is CNCC1CCCN(CC(=O)Nc2sccc2C#N)C1. The first-order chi connectivity index (χ1) is 9.72. The minimum absolute atomic E-state index is 0.0333. The van der Waals surface area contributed by atoms with Gasteiger partial charge in [0, 0.05) is 6.54 Å². The lowest BCUT2D eigenvalue weighted by Gasteiger charge is -2.32. The number of likely N-dealkylation sites (tertiary alicyclic amines) is 1. The van der Waals surface area contributed by atoms with E-state index in [4.69, 9.17) is 5.26 Å². The van der Waals surface area contributed by atoms with Crippen molar-refractivity contribution in [3.8, 4) is 6.07 Å². The van der Waals surface area contributed by atoms with Crippen LogP contribution in [-0.2, 0) is 4.79 Å². The number of carbonyl (C=O) groups excluding carboxylic acids is 1. The van der Waals surface area contributed by atoms with Crippen molar-refractivity contribution in [1.29, 1.82) is 5.26 Å². The standard InChI is InChI=1S/C14H20N4OS/c1-16-8-11-3-2-5-18(9-11)10-13(19)17-14-12(7-15)4-6-20-14/h4,6,11,16H,2-3,5,8-10H2,1H3,(H,17,19). The molecule has 1 aliphatic rings. The Morgan fingerprint density at radius 1 is 1.65 bits per heavy atom. The Morgan fingerprint density at radius 3 is 3.25 bits per heavy atom. The zero-order valence-corrected chi connectivity index (χ0v) is 12.5. The van der Waals surface area contributed by atoms with Crippen LogP contribution >= 0.6 is 11.3 Å². The molecule has 1 aromatic rings. The van der Waals surface area contributed by atoms with Gasteiger partial charge in [0.1, 0.15) is 11.1 Å². The van der Waals surface area contributed by atoms with Gasteiger partial charge in [0.15, 0.2) is 0 Å². The van der Waals surface area contributed by atoms with E-state index in [-0.39, 0.29) is 5.91 Å². The van der Waals surface area contributed by atoms with Crippen LogP contribution in [0.15, 0.2) is 11.4 Å². The zero-order valence-electron chi connectivity index (χ0n) is 11.7. The molecule has 108 valence electrons. The average molecular weight is 292 g/mol. The van der Waals surface area contributed by atoms with E-state index in [9.17, 15) is 4.79 Å². The highest BCUT2D eigenvalue weighted by molar-refractivity contribution is 7.14. The van der Waals surface area contributed by atoms with Crippen molar-refractivity contribution < 1.29 is 4.79 Å². The summed E-state index contributed by atoms with van der Waals surface area (Å²) in [4.78, 5) is 14.2. The molecule has 0 aliphatic carbocycles. The fraction of sp³-hybridized carbons (Fsp3) is 0.571. The first-order valence-corrected chi connectivity index (χ1v) is 7.75. The summed E-state index contributed by atoms with van der Waals surface area (Å²) >= 11 is 1.39. The normalized spacial score (nSPS) is 19.5. The van der Waals surface area contributed by atoms with Crippen molar-refractivity contribution in [2.45, 2.75) is 12.8 Å². The van der Waals surface area contributed by atoms with Crippen LogP contribution in [0.2, 0.25) is 0 Å². The fourth-order valence-electron chi connectivity index (χ4n) is 2.61. The number of nitrogens with one attached hydrogen (secondary N) is 2. The van der Waals surface area contributed by atoms with E-state index in [1.54, 1.807) is 6.07 Å². The third kappa shape index (κ3) is 4.04. The van der Waals surface area contributed by atoms with Crippen LogP contribution in [0.1, 0.15) is 18.4 Å². The van der Waals surface area contributed by atoms with Gasteiger partial charge in [-0.3, -0.25) is 9.69 Å². The maximum atomic E-state index is 12.0. The fourth-order valence-corrected chi connectivity index (χ4v) is 3.37. The summed E-state index contributed by atoms with van der Waals surface area (Å²) in [6, 6.07) is 3.81. The number of hydrogen-bond acceptors (Lipinski definition) is 5. The minimum Gasteiger partial charge on any atom is -0.319 e. The number of rotatable bonds is 5. The van der Waals surface area contributed by atoms with Gasteiger partial charge >= 0.3 is 0 Å².